The van der Waals surface area contributed by atoms with Crippen LogP contribution in [0.4, 0.5) is 4.79 Å². The molecule has 6 rings (SSSR count). The minimum absolute atomic E-state index is 0.128. The Morgan fingerprint density at radius 2 is 2.02 bits per heavy atom. The second kappa shape index (κ2) is 12.7. The van der Waals surface area contributed by atoms with Gasteiger partial charge < -0.3 is 30.3 Å². The number of primary amides is 1. The molecule has 2 aliphatic heterocycles. The number of likely N-dealkylation sites (N-methyl/N-ethyl adjacent to an activating group) is 1. The number of amides is 4. The number of allylic oxidation sites excluding steroid dienone is 1. The van der Waals surface area contributed by atoms with Gasteiger partial charge in [-0.3, -0.25) is 9.59 Å². The third-order valence-electron chi connectivity index (χ3n) is 9.14. The second-order valence-electron chi connectivity index (χ2n) is 12.6. The van der Waals surface area contributed by atoms with E-state index in [2.05, 4.69) is 19.2 Å². The number of nitrogens with two attached hydrogens (primary N) is 1. The molecule has 4 atom stereocenters. The van der Waals surface area contributed by atoms with Gasteiger partial charge in [-0.1, -0.05) is 37.6 Å². The van der Waals surface area contributed by atoms with Gasteiger partial charge in [0.15, 0.2) is 0 Å². The Labute approximate surface area is 277 Å². The number of nitrogens with one attached hydrogen (secondary N) is 1. The van der Waals surface area contributed by atoms with Crippen molar-refractivity contribution in [2.45, 2.75) is 69.6 Å². The molecular formula is C33H39ClN6O5S. The molecule has 0 spiro atoms. The number of pyridine rings is 1. The molecule has 13 heteroatoms. The van der Waals surface area contributed by atoms with Crippen molar-refractivity contribution in [1.29, 1.82) is 0 Å². The predicted octanol–water partition coefficient (Wildman–Crippen LogP) is 5.12. The first kappa shape index (κ1) is 32.1. The van der Waals surface area contributed by atoms with Crippen LogP contribution in [0.3, 0.4) is 0 Å². The van der Waals surface area contributed by atoms with Gasteiger partial charge in [-0.25, -0.2) is 14.8 Å². The fourth-order valence-corrected chi connectivity index (χ4v) is 7.50. The number of nitrogens with zero attached hydrogens (tertiary/aromatic N) is 4. The fraction of sp³-hybridized carbons (Fsp3) is 0.485. The van der Waals surface area contributed by atoms with Crippen LogP contribution in [0.1, 0.15) is 57.6 Å². The molecule has 1 aliphatic carbocycles. The van der Waals surface area contributed by atoms with E-state index in [0.29, 0.717) is 46.1 Å². The van der Waals surface area contributed by atoms with Gasteiger partial charge in [0, 0.05) is 42.8 Å². The number of methoxy groups -OCH3 is 1. The van der Waals surface area contributed by atoms with E-state index in [1.807, 2.05) is 29.7 Å². The molecule has 11 nitrogen and oxygen atoms in total. The smallest absolute Gasteiger partial charge is 0.319 e. The van der Waals surface area contributed by atoms with E-state index in [4.69, 9.17) is 36.8 Å². The Kier molecular flexibility index (Phi) is 8.86. The lowest BCUT2D eigenvalue weighted by molar-refractivity contribution is -0.134. The highest BCUT2D eigenvalue weighted by Gasteiger charge is 2.60. The van der Waals surface area contributed by atoms with Crippen molar-refractivity contribution in [2.24, 2.45) is 11.7 Å². The third-order valence-corrected chi connectivity index (χ3v) is 10.4. The summed E-state index contributed by atoms with van der Waals surface area (Å²) in [4.78, 5) is 52.9. The van der Waals surface area contributed by atoms with Crippen LogP contribution in [0.25, 0.3) is 21.6 Å². The van der Waals surface area contributed by atoms with Crippen molar-refractivity contribution in [2.75, 3.05) is 27.2 Å². The summed E-state index contributed by atoms with van der Waals surface area (Å²) in [6.45, 7) is 4.87. The van der Waals surface area contributed by atoms with Crippen LogP contribution in [-0.4, -0.2) is 82.5 Å². The average Bonchev–Trinajstić information content (AvgIpc) is 3.33. The first-order chi connectivity index (χ1) is 22.0. The van der Waals surface area contributed by atoms with Crippen LogP contribution in [-0.2, 0) is 9.59 Å². The number of fused-ring (bicyclic) bond motifs is 3. The number of ether oxygens (including phenoxy) is 2. The van der Waals surface area contributed by atoms with E-state index in [9.17, 15) is 14.4 Å². The first-order valence-corrected chi connectivity index (χ1v) is 16.9. The van der Waals surface area contributed by atoms with Gasteiger partial charge >= 0.3 is 6.03 Å². The lowest BCUT2D eigenvalue weighted by atomic mass is 10.1. The fourth-order valence-electron chi connectivity index (χ4n) is 6.27. The van der Waals surface area contributed by atoms with E-state index in [0.717, 1.165) is 30.0 Å². The summed E-state index contributed by atoms with van der Waals surface area (Å²) >= 11 is 8.25. The zero-order valence-electron chi connectivity index (χ0n) is 26.4. The highest BCUT2D eigenvalue weighted by atomic mass is 35.5. The molecule has 0 radical (unpaired) electrons. The van der Waals surface area contributed by atoms with Crippen LogP contribution >= 0.6 is 22.9 Å². The Morgan fingerprint density at radius 1 is 1.22 bits per heavy atom. The van der Waals surface area contributed by atoms with Gasteiger partial charge in [0.1, 0.15) is 44.9 Å². The summed E-state index contributed by atoms with van der Waals surface area (Å²) < 4.78 is 12.1. The molecule has 0 unspecified atom stereocenters. The average molecular weight is 667 g/mol. The van der Waals surface area contributed by atoms with E-state index in [-0.39, 0.29) is 30.7 Å². The number of benzene rings is 1. The molecule has 244 valence electrons. The first-order valence-electron chi connectivity index (χ1n) is 15.6. The third kappa shape index (κ3) is 6.00. The molecule has 2 aromatic heterocycles. The quantitative estimate of drug-likeness (QED) is 0.348. The van der Waals surface area contributed by atoms with Crippen molar-refractivity contribution < 1.29 is 23.9 Å². The van der Waals surface area contributed by atoms with Crippen molar-refractivity contribution >= 4 is 51.7 Å². The van der Waals surface area contributed by atoms with Crippen LogP contribution in [0.2, 0.25) is 5.02 Å². The molecular weight excluding hydrogens is 628 g/mol. The molecule has 1 saturated heterocycles. The van der Waals surface area contributed by atoms with Gasteiger partial charge in [-0.2, -0.15) is 0 Å². The normalized spacial score (nSPS) is 25.2. The van der Waals surface area contributed by atoms with Gasteiger partial charge in [-0.05, 0) is 43.7 Å². The number of hydrogen-bond donors (Lipinski definition) is 2. The van der Waals surface area contributed by atoms with Crippen molar-refractivity contribution in [3.8, 4) is 22.2 Å². The summed E-state index contributed by atoms with van der Waals surface area (Å²) in [5.74, 6) is 0.303. The van der Waals surface area contributed by atoms with Crippen LogP contribution in [0.15, 0.2) is 35.7 Å². The second-order valence-corrected chi connectivity index (χ2v) is 13.9. The zero-order chi connectivity index (χ0) is 32.7. The van der Waals surface area contributed by atoms with Crippen LogP contribution in [0.5, 0.6) is 11.5 Å². The maximum Gasteiger partial charge on any atom is 0.319 e. The van der Waals surface area contributed by atoms with Gasteiger partial charge in [0.25, 0.3) is 0 Å². The Morgan fingerprint density at radius 3 is 2.74 bits per heavy atom. The van der Waals surface area contributed by atoms with Crippen molar-refractivity contribution in [1.82, 2.24) is 25.1 Å². The van der Waals surface area contributed by atoms with Crippen LogP contribution < -0.4 is 20.5 Å². The lowest BCUT2D eigenvalue weighted by Gasteiger charge is -2.29. The van der Waals surface area contributed by atoms with Gasteiger partial charge in [0.05, 0.1) is 24.9 Å². The van der Waals surface area contributed by atoms with Crippen LogP contribution in [0, 0.1) is 5.92 Å². The minimum Gasteiger partial charge on any atom is -0.495 e. The SMILES string of the molecule is COc1ccc2c(O[C@H]3C[C@H]4C(=O)N(C)CCCCC=C[C@@H]5C[C@@]5(C(N)=O)NC(=O)N4C3)cc(-c3nc(C(C)C)cs3)nc2c1Cl. The highest BCUT2D eigenvalue weighted by molar-refractivity contribution is 7.13. The molecule has 3 N–H and O–H groups in total. The number of thiazole rings is 1. The van der Waals surface area contributed by atoms with E-state index in [1.54, 1.807) is 25.1 Å². The van der Waals surface area contributed by atoms with E-state index >= 15 is 0 Å². The maximum absolute atomic E-state index is 13.8. The number of aromatic nitrogens is 2. The summed E-state index contributed by atoms with van der Waals surface area (Å²) in [5.41, 5.74) is 6.68. The molecule has 0 bridgehead atoms. The summed E-state index contributed by atoms with van der Waals surface area (Å²) in [6, 6.07) is 4.13. The number of halogens is 1. The summed E-state index contributed by atoms with van der Waals surface area (Å²) in [5, 5.41) is 6.63. The number of urea groups is 1. The number of carbonyl (C=O) groups is 3. The van der Waals surface area contributed by atoms with E-state index < -0.39 is 29.6 Å². The predicted molar refractivity (Wildman–Crippen MR) is 177 cm³/mol. The van der Waals surface area contributed by atoms with Gasteiger partial charge in [-0.15, -0.1) is 11.3 Å². The number of rotatable bonds is 6. The van der Waals surface area contributed by atoms with Crippen molar-refractivity contribution in [3.63, 3.8) is 0 Å². The molecule has 4 amide bonds. The monoisotopic (exact) mass is 666 g/mol. The molecule has 3 aliphatic rings. The van der Waals surface area contributed by atoms with E-state index in [1.165, 1.54) is 16.2 Å². The molecule has 46 heavy (non-hydrogen) atoms. The Bertz CT molecular complexity index is 1710. The topological polar surface area (TPSA) is 140 Å². The number of hydrogen-bond acceptors (Lipinski definition) is 8. The molecule has 4 heterocycles. The van der Waals surface area contributed by atoms with Gasteiger partial charge in [0.2, 0.25) is 11.8 Å². The Hall–Kier alpha value is -3.90. The molecule has 3 aromatic rings. The lowest BCUT2D eigenvalue weighted by Crippen LogP contribution is -2.56. The Balaban J connectivity index is 1.35. The summed E-state index contributed by atoms with van der Waals surface area (Å²) in [7, 11) is 3.30. The summed E-state index contributed by atoms with van der Waals surface area (Å²) in [6.07, 6.45) is 6.71. The molecule has 1 aromatic carbocycles. The maximum atomic E-state index is 13.8. The van der Waals surface area contributed by atoms with Crippen molar-refractivity contribution in [3.05, 3.63) is 46.4 Å². The minimum atomic E-state index is -1.16. The highest BCUT2D eigenvalue weighted by Crippen LogP contribution is 2.45. The molecule has 2 fully saturated rings. The largest absolute Gasteiger partial charge is 0.495 e. The molecule has 1 saturated carbocycles. The standard InChI is InChI=1S/C33H39ClN6O5S/c1-18(2)23-17-46-29(37-23)22-14-26(21-10-11-25(44-4)27(34)28(21)36-22)45-20-13-24-30(41)39(3)12-8-6-5-7-9-19-15-33(19,31(35)42)38-32(43)40(24)16-20/h7,9-11,14,17-20,24H,5-6,8,12-13,15-16H2,1-4H3,(H2,35,42)(H,38,43)/t19-,20+,24+,33-/m1/s1. The zero-order valence-corrected chi connectivity index (χ0v) is 28.0. The number of carbonyl (C=O) groups excluding carboxylic acids is 3.